The highest BCUT2D eigenvalue weighted by molar-refractivity contribution is 7.22. The zero-order chi connectivity index (χ0) is 13.4. The van der Waals surface area contributed by atoms with E-state index < -0.39 is 11.6 Å². The van der Waals surface area contributed by atoms with E-state index in [1.165, 1.54) is 17.4 Å². The molecule has 0 spiro atoms. The minimum atomic E-state index is -0.899. The van der Waals surface area contributed by atoms with Gasteiger partial charge in [-0.1, -0.05) is 29.0 Å². The molecule has 0 saturated heterocycles. The van der Waals surface area contributed by atoms with Crippen LogP contribution in [0.4, 0.5) is 19.6 Å². The van der Waals surface area contributed by atoms with Crippen molar-refractivity contribution in [3.05, 3.63) is 53.1 Å². The molecule has 0 saturated carbocycles. The van der Waals surface area contributed by atoms with Crippen molar-refractivity contribution in [2.24, 2.45) is 0 Å². The second kappa shape index (κ2) is 4.75. The zero-order valence-electron chi connectivity index (χ0n) is 9.45. The van der Waals surface area contributed by atoms with Gasteiger partial charge < -0.3 is 5.32 Å². The summed E-state index contributed by atoms with van der Waals surface area (Å²) in [5.74, 6) is -1.78. The van der Waals surface area contributed by atoms with Gasteiger partial charge in [0.05, 0.1) is 15.2 Å². The topological polar surface area (TPSA) is 24.9 Å². The summed E-state index contributed by atoms with van der Waals surface area (Å²) in [6.45, 7) is 0. The fourth-order valence-corrected chi connectivity index (χ4v) is 2.84. The highest BCUT2D eigenvalue weighted by atomic mass is 35.5. The van der Waals surface area contributed by atoms with Gasteiger partial charge >= 0.3 is 0 Å². The molecule has 1 aromatic heterocycles. The van der Waals surface area contributed by atoms with Crippen LogP contribution in [0.3, 0.4) is 0 Å². The van der Waals surface area contributed by atoms with Crippen molar-refractivity contribution in [2.45, 2.75) is 0 Å². The number of halogens is 3. The van der Waals surface area contributed by atoms with Gasteiger partial charge in [0.15, 0.2) is 16.8 Å². The van der Waals surface area contributed by atoms with Crippen molar-refractivity contribution in [3.63, 3.8) is 0 Å². The lowest BCUT2D eigenvalue weighted by Crippen LogP contribution is -1.91. The maximum Gasteiger partial charge on any atom is 0.188 e. The lowest BCUT2D eigenvalue weighted by atomic mass is 10.3. The largest absolute Gasteiger partial charge is 0.331 e. The number of hydrogen-bond donors (Lipinski definition) is 1. The molecule has 96 valence electrons. The van der Waals surface area contributed by atoms with Gasteiger partial charge in [0, 0.05) is 11.8 Å². The third-order valence-electron chi connectivity index (χ3n) is 2.54. The summed E-state index contributed by atoms with van der Waals surface area (Å²) in [5, 5.41) is 4.13. The molecule has 0 aliphatic rings. The van der Waals surface area contributed by atoms with Crippen molar-refractivity contribution in [3.8, 4) is 0 Å². The number of aromatic nitrogens is 1. The minimum Gasteiger partial charge on any atom is -0.331 e. The molecular formula is C13H7ClF2N2S. The Balaban J connectivity index is 1.96. The second-order valence-corrected chi connectivity index (χ2v) is 5.27. The van der Waals surface area contributed by atoms with Crippen LogP contribution in [-0.2, 0) is 0 Å². The summed E-state index contributed by atoms with van der Waals surface area (Å²) in [5.41, 5.74) is 1.21. The molecule has 2 nitrogen and oxygen atoms in total. The zero-order valence-corrected chi connectivity index (χ0v) is 11.0. The Labute approximate surface area is 116 Å². The van der Waals surface area contributed by atoms with E-state index >= 15 is 0 Å². The number of nitrogens with one attached hydrogen (secondary N) is 1. The van der Waals surface area contributed by atoms with E-state index in [-0.39, 0.29) is 0 Å². The molecule has 1 heterocycles. The average molecular weight is 297 g/mol. The van der Waals surface area contributed by atoms with Gasteiger partial charge in [-0.3, -0.25) is 0 Å². The fraction of sp³-hybridized carbons (Fsp3) is 0. The Morgan fingerprint density at radius 2 is 1.95 bits per heavy atom. The van der Waals surface area contributed by atoms with E-state index in [1.54, 1.807) is 6.07 Å². The molecule has 0 bridgehead atoms. The smallest absolute Gasteiger partial charge is 0.188 e. The van der Waals surface area contributed by atoms with Crippen LogP contribution in [0, 0.1) is 11.6 Å². The Morgan fingerprint density at radius 3 is 2.68 bits per heavy atom. The van der Waals surface area contributed by atoms with Crippen molar-refractivity contribution >= 4 is 44.0 Å². The molecular weight excluding hydrogens is 290 g/mol. The number of fused-ring (bicyclic) bond motifs is 1. The van der Waals surface area contributed by atoms with E-state index in [9.17, 15) is 8.78 Å². The molecule has 3 rings (SSSR count). The maximum atomic E-state index is 13.1. The first-order valence-electron chi connectivity index (χ1n) is 5.40. The molecule has 3 aromatic rings. The SMILES string of the molecule is Fc1ccc(Nc2nc3cccc(Cl)c3s2)cc1F. The van der Waals surface area contributed by atoms with Gasteiger partial charge in [-0.2, -0.15) is 0 Å². The number of benzene rings is 2. The number of hydrogen-bond acceptors (Lipinski definition) is 3. The van der Waals surface area contributed by atoms with Crippen LogP contribution in [0.2, 0.25) is 5.02 Å². The Kier molecular flexibility index (Phi) is 3.08. The molecule has 0 radical (unpaired) electrons. The standard InChI is InChI=1S/C13H7ClF2N2S/c14-8-2-1-3-11-12(8)19-13(18-11)17-7-4-5-9(15)10(16)6-7/h1-6H,(H,17,18). The molecule has 0 unspecified atom stereocenters. The number of thiazole rings is 1. The number of nitrogens with zero attached hydrogens (tertiary/aromatic N) is 1. The second-order valence-electron chi connectivity index (χ2n) is 3.86. The summed E-state index contributed by atoms with van der Waals surface area (Å²) < 4.78 is 26.8. The van der Waals surface area contributed by atoms with Crippen LogP contribution in [0.1, 0.15) is 0 Å². The number of anilines is 2. The third-order valence-corrected chi connectivity index (χ3v) is 3.98. The molecule has 0 aliphatic carbocycles. The van der Waals surface area contributed by atoms with E-state index in [0.29, 0.717) is 15.8 Å². The predicted molar refractivity (Wildman–Crippen MR) is 74.3 cm³/mol. The highest BCUT2D eigenvalue weighted by Gasteiger charge is 2.08. The first kappa shape index (κ1) is 12.3. The molecule has 0 atom stereocenters. The Morgan fingerprint density at radius 1 is 1.11 bits per heavy atom. The Hall–Kier alpha value is -1.72. The van der Waals surface area contributed by atoms with Crippen molar-refractivity contribution in [1.29, 1.82) is 0 Å². The van der Waals surface area contributed by atoms with E-state index in [1.807, 2.05) is 12.1 Å². The summed E-state index contributed by atoms with van der Waals surface area (Å²) in [6.07, 6.45) is 0. The van der Waals surface area contributed by atoms with Crippen molar-refractivity contribution in [1.82, 2.24) is 4.98 Å². The maximum absolute atomic E-state index is 13.1. The first-order chi connectivity index (χ1) is 9.13. The molecule has 0 amide bonds. The quantitative estimate of drug-likeness (QED) is 0.722. The van der Waals surface area contributed by atoms with Gasteiger partial charge in [0.25, 0.3) is 0 Å². The summed E-state index contributed by atoms with van der Waals surface area (Å²) in [6, 6.07) is 9.04. The summed E-state index contributed by atoms with van der Waals surface area (Å²) in [7, 11) is 0. The summed E-state index contributed by atoms with van der Waals surface area (Å²) in [4.78, 5) is 4.33. The number of rotatable bonds is 2. The minimum absolute atomic E-state index is 0.439. The summed E-state index contributed by atoms with van der Waals surface area (Å²) >= 11 is 7.41. The lowest BCUT2D eigenvalue weighted by molar-refractivity contribution is 0.509. The molecule has 1 N–H and O–H groups in total. The predicted octanol–water partition coefficient (Wildman–Crippen LogP) is 4.97. The molecule has 0 aliphatic heterocycles. The molecule has 6 heteroatoms. The van der Waals surface area contributed by atoms with Crippen LogP contribution >= 0.6 is 22.9 Å². The lowest BCUT2D eigenvalue weighted by Gasteiger charge is -2.02. The van der Waals surface area contributed by atoms with Crippen LogP contribution in [0.25, 0.3) is 10.2 Å². The average Bonchev–Trinajstić information content (AvgIpc) is 2.78. The normalized spacial score (nSPS) is 10.9. The van der Waals surface area contributed by atoms with Gasteiger partial charge in [0.1, 0.15) is 0 Å². The van der Waals surface area contributed by atoms with E-state index in [0.717, 1.165) is 22.3 Å². The van der Waals surface area contributed by atoms with Crippen LogP contribution in [-0.4, -0.2) is 4.98 Å². The molecule has 0 fully saturated rings. The highest BCUT2D eigenvalue weighted by Crippen LogP contribution is 2.33. The van der Waals surface area contributed by atoms with Crippen LogP contribution < -0.4 is 5.32 Å². The van der Waals surface area contributed by atoms with Gasteiger partial charge in [-0.25, -0.2) is 13.8 Å². The van der Waals surface area contributed by atoms with Gasteiger partial charge in [0.2, 0.25) is 0 Å². The van der Waals surface area contributed by atoms with E-state index in [2.05, 4.69) is 10.3 Å². The van der Waals surface area contributed by atoms with Crippen LogP contribution in [0.15, 0.2) is 36.4 Å². The van der Waals surface area contributed by atoms with E-state index in [4.69, 9.17) is 11.6 Å². The van der Waals surface area contributed by atoms with Crippen molar-refractivity contribution < 1.29 is 8.78 Å². The fourth-order valence-electron chi connectivity index (χ4n) is 1.67. The monoisotopic (exact) mass is 296 g/mol. The molecule has 19 heavy (non-hydrogen) atoms. The third kappa shape index (κ3) is 2.39. The Bertz CT molecular complexity index is 757. The van der Waals surface area contributed by atoms with Gasteiger partial charge in [-0.15, -0.1) is 0 Å². The van der Waals surface area contributed by atoms with Crippen molar-refractivity contribution in [2.75, 3.05) is 5.32 Å². The first-order valence-corrected chi connectivity index (χ1v) is 6.60. The van der Waals surface area contributed by atoms with Crippen LogP contribution in [0.5, 0.6) is 0 Å². The molecule has 2 aromatic carbocycles. The van der Waals surface area contributed by atoms with Gasteiger partial charge in [-0.05, 0) is 24.3 Å².